The molecule has 2 N–H and O–H groups in total. The zero-order valence-electron chi connectivity index (χ0n) is 12.3. The molecule has 7 heteroatoms. The third-order valence-electron chi connectivity index (χ3n) is 2.58. The summed E-state index contributed by atoms with van der Waals surface area (Å²) < 4.78 is 4.92. The molecule has 1 heterocycles. The zero-order valence-corrected chi connectivity index (χ0v) is 12.3. The lowest BCUT2D eigenvalue weighted by molar-refractivity contribution is 0.0946. The summed E-state index contributed by atoms with van der Waals surface area (Å²) >= 11 is 0. The van der Waals surface area contributed by atoms with Gasteiger partial charge in [-0.25, -0.2) is 0 Å². The second kappa shape index (κ2) is 9.22. The Kier molecular flexibility index (Phi) is 7.52. The molecule has 0 unspecified atom stereocenters. The molecule has 0 aromatic carbocycles. The molecule has 1 amide bonds. The number of anilines is 1. The lowest BCUT2D eigenvalue weighted by Crippen LogP contribution is -2.28. The summed E-state index contributed by atoms with van der Waals surface area (Å²) in [6.45, 7) is 2.82. The van der Waals surface area contributed by atoms with E-state index in [1.54, 1.807) is 19.2 Å². The van der Waals surface area contributed by atoms with Crippen molar-refractivity contribution in [3.8, 4) is 0 Å². The van der Waals surface area contributed by atoms with E-state index in [4.69, 9.17) is 4.74 Å². The molecule has 1 rings (SSSR count). The molecule has 0 aliphatic carbocycles. The van der Waals surface area contributed by atoms with Gasteiger partial charge in [0, 0.05) is 20.2 Å². The molecular weight excluding hydrogens is 258 g/mol. The van der Waals surface area contributed by atoms with Crippen molar-refractivity contribution in [1.82, 2.24) is 20.4 Å². The van der Waals surface area contributed by atoms with Crippen LogP contribution in [0.15, 0.2) is 12.1 Å². The number of ether oxygens (including phenoxy) is 1. The van der Waals surface area contributed by atoms with E-state index in [0.717, 1.165) is 13.0 Å². The van der Waals surface area contributed by atoms with Gasteiger partial charge in [-0.15, -0.1) is 10.2 Å². The van der Waals surface area contributed by atoms with E-state index in [-0.39, 0.29) is 5.91 Å². The quantitative estimate of drug-likeness (QED) is 0.630. The van der Waals surface area contributed by atoms with Crippen LogP contribution in [0.4, 0.5) is 5.82 Å². The third-order valence-corrected chi connectivity index (χ3v) is 2.58. The zero-order chi connectivity index (χ0) is 14.8. The molecule has 0 radical (unpaired) electrons. The van der Waals surface area contributed by atoms with Crippen LogP contribution < -0.4 is 10.6 Å². The van der Waals surface area contributed by atoms with E-state index in [1.165, 1.54) is 0 Å². The Bertz CT molecular complexity index is 394. The number of methoxy groups -OCH3 is 1. The van der Waals surface area contributed by atoms with Gasteiger partial charge >= 0.3 is 0 Å². The minimum atomic E-state index is -0.195. The van der Waals surface area contributed by atoms with Gasteiger partial charge in [0.05, 0.1) is 6.61 Å². The average molecular weight is 281 g/mol. The van der Waals surface area contributed by atoms with E-state index in [9.17, 15) is 4.79 Å². The van der Waals surface area contributed by atoms with Gasteiger partial charge in [0.15, 0.2) is 5.69 Å². The maximum absolute atomic E-state index is 11.8. The molecule has 7 nitrogen and oxygen atoms in total. The Balaban J connectivity index is 2.33. The molecule has 0 fully saturated rings. The first-order chi connectivity index (χ1) is 9.63. The SMILES string of the molecule is COCCNc1ccc(C(=O)NCCCN(C)C)nn1. The van der Waals surface area contributed by atoms with Gasteiger partial charge in [0.25, 0.3) is 5.91 Å². The molecule has 1 aromatic rings. The number of amides is 1. The standard InChI is InChI=1S/C13H23N5O2/c1-18(2)9-4-7-15-13(19)11-5-6-12(17-16-11)14-8-10-20-3/h5-6H,4,7-10H2,1-3H3,(H,14,17)(H,15,19). The van der Waals surface area contributed by atoms with Gasteiger partial charge in [-0.2, -0.15) is 0 Å². The topological polar surface area (TPSA) is 79.4 Å². The highest BCUT2D eigenvalue weighted by molar-refractivity contribution is 5.92. The molecule has 20 heavy (non-hydrogen) atoms. The summed E-state index contributed by atoms with van der Waals surface area (Å²) in [5.74, 6) is 0.436. The van der Waals surface area contributed by atoms with Gasteiger partial charge in [0.1, 0.15) is 5.82 Å². The Morgan fingerprint density at radius 2 is 2.10 bits per heavy atom. The van der Waals surface area contributed by atoms with Crippen LogP contribution in [0, 0.1) is 0 Å². The molecule has 0 aliphatic rings. The number of aromatic nitrogens is 2. The first-order valence-corrected chi connectivity index (χ1v) is 6.63. The Hall–Kier alpha value is -1.73. The molecule has 112 valence electrons. The van der Waals surface area contributed by atoms with E-state index in [2.05, 4.69) is 25.7 Å². The van der Waals surface area contributed by atoms with Gasteiger partial charge in [-0.1, -0.05) is 0 Å². The van der Waals surface area contributed by atoms with Crippen molar-refractivity contribution >= 4 is 11.7 Å². The molecule has 1 aromatic heterocycles. The minimum Gasteiger partial charge on any atom is -0.383 e. The fraction of sp³-hybridized carbons (Fsp3) is 0.615. The summed E-state index contributed by atoms with van der Waals surface area (Å²) in [7, 11) is 5.64. The number of hydrogen-bond donors (Lipinski definition) is 2. The van der Waals surface area contributed by atoms with Crippen molar-refractivity contribution in [3.05, 3.63) is 17.8 Å². The van der Waals surface area contributed by atoms with Gasteiger partial charge in [-0.05, 0) is 39.2 Å². The number of nitrogens with one attached hydrogen (secondary N) is 2. The van der Waals surface area contributed by atoms with Crippen LogP contribution in [0.5, 0.6) is 0 Å². The maximum atomic E-state index is 11.8. The molecule has 0 saturated carbocycles. The minimum absolute atomic E-state index is 0.195. The summed E-state index contributed by atoms with van der Waals surface area (Å²) in [4.78, 5) is 13.9. The smallest absolute Gasteiger partial charge is 0.271 e. The Morgan fingerprint density at radius 3 is 2.70 bits per heavy atom. The van der Waals surface area contributed by atoms with E-state index in [0.29, 0.717) is 31.2 Å². The van der Waals surface area contributed by atoms with Crippen molar-refractivity contribution < 1.29 is 9.53 Å². The second-order valence-electron chi connectivity index (χ2n) is 4.64. The number of carbonyl (C=O) groups is 1. The number of nitrogens with zero attached hydrogens (tertiary/aromatic N) is 3. The average Bonchev–Trinajstić information content (AvgIpc) is 2.44. The molecule has 0 bridgehead atoms. The monoisotopic (exact) mass is 281 g/mol. The van der Waals surface area contributed by atoms with Gasteiger partial charge in [-0.3, -0.25) is 4.79 Å². The Labute approximate surface area is 119 Å². The molecule has 0 aliphatic heterocycles. The lowest BCUT2D eigenvalue weighted by atomic mass is 10.3. The van der Waals surface area contributed by atoms with Crippen LogP contribution in [-0.2, 0) is 4.74 Å². The van der Waals surface area contributed by atoms with Crippen LogP contribution in [-0.4, -0.2) is 68.5 Å². The Morgan fingerprint density at radius 1 is 1.30 bits per heavy atom. The molecule has 0 spiro atoms. The van der Waals surface area contributed by atoms with Crippen molar-refractivity contribution in [2.75, 3.05) is 52.8 Å². The van der Waals surface area contributed by atoms with E-state index < -0.39 is 0 Å². The predicted molar refractivity (Wildman–Crippen MR) is 77.9 cm³/mol. The van der Waals surface area contributed by atoms with Crippen LogP contribution >= 0.6 is 0 Å². The normalized spacial score (nSPS) is 10.6. The van der Waals surface area contributed by atoms with E-state index in [1.807, 2.05) is 14.1 Å². The third kappa shape index (κ3) is 6.44. The highest BCUT2D eigenvalue weighted by atomic mass is 16.5. The van der Waals surface area contributed by atoms with Crippen molar-refractivity contribution in [3.63, 3.8) is 0 Å². The summed E-state index contributed by atoms with van der Waals surface area (Å²) in [5.41, 5.74) is 0.326. The molecule has 0 atom stereocenters. The first-order valence-electron chi connectivity index (χ1n) is 6.63. The lowest BCUT2D eigenvalue weighted by Gasteiger charge is -2.09. The van der Waals surface area contributed by atoms with Gasteiger partial charge in [0.2, 0.25) is 0 Å². The summed E-state index contributed by atoms with van der Waals surface area (Å²) in [5, 5.41) is 13.7. The highest BCUT2D eigenvalue weighted by Gasteiger charge is 2.07. The maximum Gasteiger partial charge on any atom is 0.271 e. The fourth-order valence-electron chi connectivity index (χ4n) is 1.52. The number of rotatable bonds is 9. The van der Waals surface area contributed by atoms with Crippen LogP contribution in [0.3, 0.4) is 0 Å². The number of hydrogen-bond acceptors (Lipinski definition) is 6. The van der Waals surface area contributed by atoms with Crippen molar-refractivity contribution in [2.24, 2.45) is 0 Å². The van der Waals surface area contributed by atoms with Crippen LogP contribution in [0.25, 0.3) is 0 Å². The largest absolute Gasteiger partial charge is 0.383 e. The number of carbonyl (C=O) groups excluding carboxylic acids is 1. The van der Waals surface area contributed by atoms with Crippen LogP contribution in [0.1, 0.15) is 16.9 Å². The fourth-order valence-corrected chi connectivity index (χ4v) is 1.52. The molecule has 0 saturated heterocycles. The van der Waals surface area contributed by atoms with Crippen molar-refractivity contribution in [2.45, 2.75) is 6.42 Å². The van der Waals surface area contributed by atoms with Crippen LogP contribution in [0.2, 0.25) is 0 Å². The second-order valence-corrected chi connectivity index (χ2v) is 4.64. The summed E-state index contributed by atoms with van der Waals surface area (Å²) in [6, 6.07) is 3.39. The predicted octanol–water partition coefficient (Wildman–Crippen LogP) is 0.216. The first kappa shape index (κ1) is 16.3. The molecular formula is C13H23N5O2. The van der Waals surface area contributed by atoms with Crippen molar-refractivity contribution in [1.29, 1.82) is 0 Å². The van der Waals surface area contributed by atoms with E-state index >= 15 is 0 Å². The van der Waals surface area contributed by atoms with Gasteiger partial charge < -0.3 is 20.3 Å². The highest BCUT2D eigenvalue weighted by Crippen LogP contribution is 2.01. The summed E-state index contributed by atoms with van der Waals surface area (Å²) in [6.07, 6.45) is 0.906.